The van der Waals surface area contributed by atoms with Crippen molar-refractivity contribution in [2.75, 3.05) is 20.3 Å². The predicted octanol–water partition coefficient (Wildman–Crippen LogP) is -1.21. The molecule has 0 bridgehead atoms. The van der Waals surface area contributed by atoms with Crippen molar-refractivity contribution in [2.45, 2.75) is 37.1 Å². The number of hydrogen-bond acceptors (Lipinski definition) is 9. The van der Waals surface area contributed by atoms with Crippen LogP contribution in [0.25, 0.3) is 0 Å². The second kappa shape index (κ2) is 8.56. The first-order chi connectivity index (χ1) is 11.9. The van der Waals surface area contributed by atoms with Crippen molar-refractivity contribution in [3.8, 4) is 11.5 Å². The van der Waals surface area contributed by atoms with E-state index in [-0.39, 0.29) is 30.3 Å². The lowest BCUT2D eigenvalue weighted by atomic mass is 9.99. The van der Waals surface area contributed by atoms with Gasteiger partial charge < -0.3 is 39.7 Å². The average Bonchev–Trinajstić information content (AvgIpc) is 2.61. The highest BCUT2D eigenvalue weighted by Gasteiger charge is 2.43. The highest BCUT2D eigenvalue weighted by Crippen LogP contribution is 2.27. The molecule has 2 rings (SSSR count). The average molecular weight is 358 g/mol. The standard InChI is InChI=1S/C16H22O9/c1-23-11-6-8(2-3-10(11)19)9(18)4-5-24-16-15(22)14(21)13(20)12(7-17)25-16/h2-3,6,12-17,19-22H,4-5,7H2,1H3/t12-,13-,14+,15-,16+/m1/s1. The summed E-state index contributed by atoms with van der Waals surface area (Å²) in [5, 5.41) is 47.8. The van der Waals surface area contributed by atoms with Crippen LogP contribution in [0, 0.1) is 0 Å². The van der Waals surface area contributed by atoms with E-state index in [1.165, 1.54) is 25.3 Å². The third kappa shape index (κ3) is 4.46. The molecule has 1 heterocycles. The Kier molecular flexibility index (Phi) is 6.71. The summed E-state index contributed by atoms with van der Waals surface area (Å²) in [6.45, 7) is -0.679. The fourth-order valence-electron chi connectivity index (χ4n) is 2.47. The molecule has 140 valence electrons. The monoisotopic (exact) mass is 358 g/mol. The molecular formula is C16H22O9. The molecule has 0 saturated carbocycles. The van der Waals surface area contributed by atoms with Crippen molar-refractivity contribution in [1.29, 1.82) is 0 Å². The van der Waals surface area contributed by atoms with Gasteiger partial charge >= 0.3 is 0 Å². The summed E-state index contributed by atoms with van der Waals surface area (Å²) in [7, 11) is 1.37. The number of benzene rings is 1. The molecule has 9 heteroatoms. The minimum Gasteiger partial charge on any atom is -0.504 e. The molecule has 25 heavy (non-hydrogen) atoms. The Balaban J connectivity index is 1.90. The van der Waals surface area contributed by atoms with E-state index in [2.05, 4.69) is 0 Å². The van der Waals surface area contributed by atoms with Gasteiger partial charge in [0, 0.05) is 12.0 Å². The Bertz CT molecular complexity index is 589. The van der Waals surface area contributed by atoms with Crippen LogP contribution in [0.15, 0.2) is 18.2 Å². The zero-order valence-corrected chi connectivity index (χ0v) is 13.6. The van der Waals surface area contributed by atoms with Gasteiger partial charge in [-0.1, -0.05) is 0 Å². The topological polar surface area (TPSA) is 146 Å². The van der Waals surface area contributed by atoms with E-state index in [0.29, 0.717) is 5.56 Å². The van der Waals surface area contributed by atoms with Crippen LogP contribution >= 0.6 is 0 Å². The first kappa shape index (κ1) is 19.6. The lowest BCUT2D eigenvalue weighted by Crippen LogP contribution is -2.59. The summed E-state index contributed by atoms with van der Waals surface area (Å²) in [4.78, 5) is 12.1. The Labute approximate surface area is 144 Å². The quantitative estimate of drug-likeness (QED) is 0.379. The molecule has 0 radical (unpaired) electrons. The van der Waals surface area contributed by atoms with Crippen molar-refractivity contribution in [1.82, 2.24) is 0 Å². The molecule has 9 nitrogen and oxygen atoms in total. The number of aliphatic hydroxyl groups excluding tert-OH is 4. The van der Waals surface area contributed by atoms with Crippen molar-refractivity contribution < 1.29 is 44.5 Å². The minimum absolute atomic E-state index is 0.0526. The number of rotatable bonds is 7. The van der Waals surface area contributed by atoms with E-state index < -0.39 is 37.3 Å². The Morgan fingerprint density at radius 3 is 2.56 bits per heavy atom. The second-order valence-electron chi connectivity index (χ2n) is 5.63. The molecule has 0 aliphatic carbocycles. The summed E-state index contributed by atoms with van der Waals surface area (Å²) >= 11 is 0. The van der Waals surface area contributed by atoms with E-state index in [1.807, 2.05) is 0 Å². The summed E-state index contributed by atoms with van der Waals surface area (Å²) in [6.07, 6.45) is -6.91. The number of hydrogen-bond donors (Lipinski definition) is 5. The molecule has 5 N–H and O–H groups in total. The van der Waals surface area contributed by atoms with Gasteiger partial charge in [-0.15, -0.1) is 0 Å². The predicted molar refractivity (Wildman–Crippen MR) is 83.3 cm³/mol. The molecule has 0 spiro atoms. The molecule has 1 aromatic carbocycles. The smallest absolute Gasteiger partial charge is 0.186 e. The Morgan fingerprint density at radius 2 is 1.92 bits per heavy atom. The lowest BCUT2D eigenvalue weighted by Gasteiger charge is -2.39. The molecule has 5 atom stereocenters. The van der Waals surface area contributed by atoms with Gasteiger partial charge in [0.05, 0.1) is 20.3 Å². The molecule has 0 amide bonds. The number of methoxy groups -OCH3 is 1. The Morgan fingerprint density at radius 1 is 1.20 bits per heavy atom. The zero-order chi connectivity index (χ0) is 18.6. The summed E-state index contributed by atoms with van der Waals surface area (Å²) in [5.41, 5.74) is 0.312. The van der Waals surface area contributed by atoms with E-state index >= 15 is 0 Å². The van der Waals surface area contributed by atoms with Gasteiger partial charge in [-0.25, -0.2) is 0 Å². The molecular weight excluding hydrogens is 336 g/mol. The van der Waals surface area contributed by atoms with Crippen molar-refractivity contribution in [2.24, 2.45) is 0 Å². The van der Waals surface area contributed by atoms with Crippen LogP contribution in [0.1, 0.15) is 16.8 Å². The zero-order valence-electron chi connectivity index (χ0n) is 13.6. The van der Waals surface area contributed by atoms with Crippen LogP contribution < -0.4 is 4.74 Å². The molecule has 1 fully saturated rings. The maximum absolute atomic E-state index is 12.1. The van der Waals surface area contributed by atoms with Crippen LogP contribution in [0.2, 0.25) is 0 Å². The van der Waals surface area contributed by atoms with Crippen LogP contribution in [0.5, 0.6) is 11.5 Å². The van der Waals surface area contributed by atoms with Gasteiger partial charge in [-0.3, -0.25) is 4.79 Å². The molecule has 1 aliphatic rings. The molecule has 1 aromatic rings. The van der Waals surface area contributed by atoms with Crippen molar-refractivity contribution >= 4 is 5.78 Å². The SMILES string of the molecule is COc1cc(C(=O)CCO[C@H]2O[C@H](CO)[C@@H](O)[C@H](O)[C@H]2O)ccc1O. The fraction of sp³-hybridized carbons (Fsp3) is 0.562. The van der Waals surface area contributed by atoms with E-state index in [0.717, 1.165) is 0 Å². The van der Waals surface area contributed by atoms with Gasteiger partial charge in [0.1, 0.15) is 24.4 Å². The highest BCUT2D eigenvalue weighted by molar-refractivity contribution is 5.96. The number of aromatic hydroxyl groups is 1. The van der Waals surface area contributed by atoms with Gasteiger partial charge in [0.2, 0.25) is 0 Å². The van der Waals surface area contributed by atoms with E-state index in [9.17, 15) is 25.2 Å². The first-order valence-electron chi connectivity index (χ1n) is 7.71. The summed E-state index contributed by atoms with van der Waals surface area (Å²) < 4.78 is 15.4. The maximum atomic E-state index is 12.1. The second-order valence-corrected chi connectivity index (χ2v) is 5.63. The van der Waals surface area contributed by atoms with E-state index in [1.54, 1.807) is 0 Å². The van der Waals surface area contributed by atoms with Gasteiger partial charge in [0.15, 0.2) is 23.6 Å². The van der Waals surface area contributed by atoms with Crippen LogP contribution in [0.4, 0.5) is 0 Å². The summed E-state index contributed by atoms with van der Waals surface area (Å²) in [5.74, 6) is -0.208. The van der Waals surface area contributed by atoms with Crippen LogP contribution in [-0.4, -0.2) is 82.3 Å². The number of phenols is 1. The normalized spacial score (nSPS) is 29.4. The van der Waals surface area contributed by atoms with Crippen molar-refractivity contribution in [3.63, 3.8) is 0 Å². The third-order valence-corrected chi connectivity index (χ3v) is 3.96. The number of carbonyl (C=O) groups is 1. The number of ketones is 1. The largest absolute Gasteiger partial charge is 0.504 e. The van der Waals surface area contributed by atoms with Gasteiger partial charge in [-0.2, -0.15) is 0 Å². The lowest BCUT2D eigenvalue weighted by molar-refractivity contribution is -0.300. The summed E-state index contributed by atoms with van der Waals surface area (Å²) in [6, 6.07) is 4.17. The number of aliphatic hydroxyl groups is 4. The third-order valence-electron chi connectivity index (χ3n) is 3.96. The van der Waals surface area contributed by atoms with Gasteiger partial charge in [-0.05, 0) is 18.2 Å². The highest BCUT2D eigenvalue weighted by atomic mass is 16.7. The van der Waals surface area contributed by atoms with Crippen LogP contribution in [-0.2, 0) is 9.47 Å². The number of ether oxygens (including phenoxy) is 3. The Hall–Kier alpha value is -1.75. The molecule has 1 saturated heterocycles. The fourth-order valence-corrected chi connectivity index (χ4v) is 2.47. The van der Waals surface area contributed by atoms with Crippen molar-refractivity contribution in [3.05, 3.63) is 23.8 Å². The molecule has 0 aromatic heterocycles. The maximum Gasteiger partial charge on any atom is 0.186 e. The number of phenolic OH excluding ortho intramolecular Hbond substituents is 1. The molecule has 0 unspecified atom stereocenters. The first-order valence-corrected chi connectivity index (χ1v) is 7.71. The molecule has 1 aliphatic heterocycles. The number of carbonyl (C=O) groups excluding carboxylic acids is 1. The van der Waals surface area contributed by atoms with Gasteiger partial charge in [0.25, 0.3) is 0 Å². The van der Waals surface area contributed by atoms with E-state index in [4.69, 9.17) is 19.3 Å². The number of Topliss-reactive ketones (excluding diaryl/α,β-unsaturated/α-hetero) is 1. The van der Waals surface area contributed by atoms with Crippen LogP contribution in [0.3, 0.4) is 0 Å². The minimum atomic E-state index is -1.53.